The predicted octanol–water partition coefficient (Wildman–Crippen LogP) is 4.97. The van der Waals surface area contributed by atoms with Crippen LogP contribution in [0.2, 0.25) is 10.0 Å². The zero-order chi connectivity index (χ0) is 23.2. The Balaban J connectivity index is 1.37. The van der Waals surface area contributed by atoms with Gasteiger partial charge in [0.15, 0.2) is 6.61 Å². The molecule has 0 radical (unpaired) electrons. The summed E-state index contributed by atoms with van der Waals surface area (Å²) in [6.07, 6.45) is 0. The maximum Gasteiger partial charge on any atom is 0.262 e. The van der Waals surface area contributed by atoms with Crippen molar-refractivity contribution in [2.75, 3.05) is 43.0 Å². The number of piperazine rings is 1. The van der Waals surface area contributed by atoms with E-state index in [1.165, 1.54) is 0 Å². The van der Waals surface area contributed by atoms with Gasteiger partial charge < -0.3 is 19.9 Å². The Labute approximate surface area is 202 Å². The van der Waals surface area contributed by atoms with E-state index in [0.29, 0.717) is 40.1 Å². The number of carbonyl (C=O) groups is 2. The highest BCUT2D eigenvalue weighted by Crippen LogP contribution is 2.27. The summed E-state index contributed by atoms with van der Waals surface area (Å²) >= 11 is 12.0. The molecule has 1 N–H and O–H groups in total. The van der Waals surface area contributed by atoms with E-state index in [1.54, 1.807) is 42.5 Å². The van der Waals surface area contributed by atoms with Crippen molar-refractivity contribution in [2.45, 2.75) is 0 Å². The molecular weight excluding hydrogens is 461 g/mol. The number of anilines is 2. The van der Waals surface area contributed by atoms with Gasteiger partial charge in [-0.05, 0) is 42.5 Å². The largest absolute Gasteiger partial charge is 0.482 e. The molecule has 6 nitrogen and oxygen atoms in total. The van der Waals surface area contributed by atoms with E-state index in [1.807, 2.05) is 23.1 Å². The molecule has 0 aliphatic carbocycles. The Morgan fingerprint density at radius 1 is 0.879 bits per heavy atom. The molecule has 33 heavy (non-hydrogen) atoms. The van der Waals surface area contributed by atoms with Crippen LogP contribution in [-0.4, -0.2) is 49.5 Å². The summed E-state index contributed by atoms with van der Waals surface area (Å²) in [6.45, 7) is 2.46. The maximum atomic E-state index is 13.2. The number of rotatable bonds is 6. The van der Waals surface area contributed by atoms with Crippen LogP contribution in [0, 0.1) is 0 Å². The van der Waals surface area contributed by atoms with Crippen molar-refractivity contribution in [3.63, 3.8) is 0 Å². The third kappa shape index (κ3) is 5.78. The van der Waals surface area contributed by atoms with Crippen molar-refractivity contribution in [3.05, 3.63) is 88.4 Å². The number of ether oxygens (including phenoxy) is 1. The van der Waals surface area contributed by atoms with E-state index in [2.05, 4.69) is 22.3 Å². The molecule has 1 fully saturated rings. The molecule has 8 heteroatoms. The Morgan fingerprint density at radius 3 is 2.30 bits per heavy atom. The molecule has 0 unspecified atom stereocenters. The van der Waals surface area contributed by atoms with Crippen LogP contribution >= 0.6 is 23.2 Å². The van der Waals surface area contributed by atoms with Crippen molar-refractivity contribution in [2.24, 2.45) is 0 Å². The van der Waals surface area contributed by atoms with E-state index in [0.717, 1.165) is 18.8 Å². The summed E-state index contributed by atoms with van der Waals surface area (Å²) in [5, 5.41) is 3.58. The second-order valence-corrected chi connectivity index (χ2v) is 8.42. The van der Waals surface area contributed by atoms with E-state index >= 15 is 0 Å². The number of benzene rings is 3. The van der Waals surface area contributed by atoms with Gasteiger partial charge in [-0.2, -0.15) is 0 Å². The predicted molar refractivity (Wildman–Crippen MR) is 132 cm³/mol. The normalized spacial score (nSPS) is 13.5. The summed E-state index contributed by atoms with van der Waals surface area (Å²) in [5.41, 5.74) is 2.05. The molecule has 1 saturated heterocycles. The highest BCUT2D eigenvalue weighted by molar-refractivity contribution is 6.35. The lowest BCUT2D eigenvalue weighted by atomic mass is 10.1. The smallest absolute Gasteiger partial charge is 0.262 e. The summed E-state index contributed by atoms with van der Waals surface area (Å²) < 4.78 is 5.49. The molecule has 0 saturated carbocycles. The Morgan fingerprint density at radius 2 is 1.58 bits per heavy atom. The molecule has 170 valence electrons. The van der Waals surface area contributed by atoms with Crippen LogP contribution in [0.15, 0.2) is 72.8 Å². The van der Waals surface area contributed by atoms with Crippen molar-refractivity contribution in [3.8, 4) is 5.75 Å². The summed E-state index contributed by atoms with van der Waals surface area (Å²) in [7, 11) is 0. The first-order valence-corrected chi connectivity index (χ1v) is 11.3. The minimum absolute atomic E-state index is 0.111. The minimum atomic E-state index is -0.393. The van der Waals surface area contributed by atoms with E-state index in [-0.39, 0.29) is 12.5 Å². The van der Waals surface area contributed by atoms with Crippen LogP contribution in [0.3, 0.4) is 0 Å². The molecule has 2 amide bonds. The molecule has 1 aliphatic heterocycles. The Hall–Kier alpha value is -3.22. The molecular formula is C25H23Cl2N3O3. The molecule has 3 aromatic carbocycles. The second kappa shape index (κ2) is 10.6. The first kappa shape index (κ1) is 23.0. The van der Waals surface area contributed by atoms with Gasteiger partial charge in [-0.1, -0.05) is 53.5 Å². The number of halogens is 2. The number of hydrogen-bond donors (Lipinski definition) is 1. The average molecular weight is 484 g/mol. The quantitative estimate of drug-likeness (QED) is 0.537. The highest BCUT2D eigenvalue weighted by atomic mass is 35.5. The molecule has 1 heterocycles. The average Bonchev–Trinajstić information content (AvgIpc) is 2.84. The van der Waals surface area contributed by atoms with Crippen molar-refractivity contribution < 1.29 is 14.3 Å². The zero-order valence-electron chi connectivity index (χ0n) is 17.8. The lowest BCUT2D eigenvalue weighted by molar-refractivity contribution is -0.118. The monoisotopic (exact) mass is 483 g/mol. The summed E-state index contributed by atoms with van der Waals surface area (Å²) in [6, 6.07) is 21.9. The fraction of sp³-hybridized carbons (Fsp3) is 0.200. The van der Waals surface area contributed by atoms with Crippen LogP contribution < -0.4 is 15.0 Å². The van der Waals surface area contributed by atoms with Gasteiger partial charge in [0.2, 0.25) is 0 Å². The van der Waals surface area contributed by atoms with Gasteiger partial charge in [0.25, 0.3) is 11.8 Å². The third-order valence-corrected chi connectivity index (χ3v) is 5.90. The number of hydrogen-bond acceptors (Lipinski definition) is 4. The number of amides is 2. The number of nitrogens with zero attached hydrogens (tertiary/aromatic N) is 2. The van der Waals surface area contributed by atoms with E-state index in [9.17, 15) is 9.59 Å². The SMILES string of the molecule is O=C(COc1ccc(Cl)cc1Cl)Nc1ccccc1C(=O)N1CCN(c2ccccc2)CC1. The highest BCUT2D eigenvalue weighted by Gasteiger charge is 2.24. The second-order valence-electron chi connectivity index (χ2n) is 7.57. The van der Waals surface area contributed by atoms with E-state index < -0.39 is 5.91 Å². The molecule has 4 rings (SSSR count). The number of para-hydroxylation sites is 2. The van der Waals surface area contributed by atoms with Gasteiger partial charge in [-0.25, -0.2) is 0 Å². The molecule has 0 bridgehead atoms. The van der Waals surface area contributed by atoms with Gasteiger partial charge in [0.1, 0.15) is 5.75 Å². The minimum Gasteiger partial charge on any atom is -0.482 e. The van der Waals surface area contributed by atoms with E-state index in [4.69, 9.17) is 27.9 Å². The molecule has 3 aromatic rings. The first-order chi connectivity index (χ1) is 16.0. The van der Waals surface area contributed by atoms with Crippen LogP contribution in [0.25, 0.3) is 0 Å². The van der Waals surface area contributed by atoms with Gasteiger partial charge >= 0.3 is 0 Å². The van der Waals surface area contributed by atoms with Gasteiger partial charge in [0, 0.05) is 36.9 Å². The fourth-order valence-electron chi connectivity index (χ4n) is 3.68. The molecule has 0 atom stereocenters. The molecule has 0 aromatic heterocycles. The van der Waals surface area contributed by atoms with Gasteiger partial charge in [-0.15, -0.1) is 0 Å². The van der Waals surface area contributed by atoms with Crippen LogP contribution in [0.5, 0.6) is 5.75 Å². The van der Waals surface area contributed by atoms with Gasteiger partial charge in [-0.3, -0.25) is 9.59 Å². The third-order valence-electron chi connectivity index (χ3n) is 5.37. The van der Waals surface area contributed by atoms with Crippen LogP contribution in [0.1, 0.15) is 10.4 Å². The van der Waals surface area contributed by atoms with Crippen molar-refractivity contribution in [1.29, 1.82) is 0 Å². The maximum absolute atomic E-state index is 13.2. The fourth-order valence-corrected chi connectivity index (χ4v) is 4.14. The summed E-state index contributed by atoms with van der Waals surface area (Å²) in [4.78, 5) is 29.7. The summed E-state index contributed by atoms with van der Waals surface area (Å²) in [5.74, 6) is -0.146. The zero-order valence-corrected chi connectivity index (χ0v) is 19.4. The van der Waals surface area contributed by atoms with Crippen molar-refractivity contribution in [1.82, 2.24) is 4.90 Å². The first-order valence-electron chi connectivity index (χ1n) is 10.6. The van der Waals surface area contributed by atoms with Crippen LogP contribution in [0.4, 0.5) is 11.4 Å². The van der Waals surface area contributed by atoms with Crippen molar-refractivity contribution >= 4 is 46.4 Å². The topological polar surface area (TPSA) is 61.9 Å². The number of nitrogens with one attached hydrogen (secondary N) is 1. The lowest BCUT2D eigenvalue weighted by Crippen LogP contribution is -2.49. The lowest BCUT2D eigenvalue weighted by Gasteiger charge is -2.36. The molecule has 1 aliphatic rings. The van der Waals surface area contributed by atoms with Gasteiger partial charge in [0.05, 0.1) is 16.3 Å². The Kier molecular flexibility index (Phi) is 7.37. The number of carbonyl (C=O) groups excluding carboxylic acids is 2. The molecule has 0 spiro atoms. The Bertz CT molecular complexity index is 1130. The standard InChI is InChI=1S/C25H23Cl2N3O3/c26-18-10-11-23(21(27)16-18)33-17-24(31)28-22-9-5-4-8-20(22)25(32)30-14-12-29(13-15-30)19-6-2-1-3-7-19/h1-11,16H,12-15,17H2,(H,28,31). The van der Waals surface area contributed by atoms with Crippen LogP contribution in [-0.2, 0) is 4.79 Å².